The number of carbonyl (C=O) groups is 2. The summed E-state index contributed by atoms with van der Waals surface area (Å²) in [5.74, 6) is 0.381. The van der Waals surface area contributed by atoms with Crippen LogP contribution >= 0.6 is 0 Å². The van der Waals surface area contributed by atoms with Crippen LogP contribution in [0, 0.1) is 34.9 Å². The molecule has 4 fully saturated rings. The Labute approximate surface area is 189 Å². The van der Waals surface area contributed by atoms with Gasteiger partial charge in [-0.15, -0.1) is 0 Å². The molecule has 3 aliphatic heterocycles. The average Bonchev–Trinajstić information content (AvgIpc) is 3.10. The fourth-order valence-corrected chi connectivity index (χ4v) is 6.36. The lowest BCUT2D eigenvalue weighted by Gasteiger charge is -2.41. The Morgan fingerprint density at radius 2 is 1.91 bits per heavy atom. The minimum atomic E-state index is -0.289. The topological polar surface area (TPSA) is 67.7 Å². The van der Waals surface area contributed by atoms with Crippen molar-refractivity contribution in [2.45, 2.75) is 70.2 Å². The van der Waals surface area contributed by atoms with Crippen LogP contribution in [-0.2, 0) is 9.59 Å². The van der Waals surface area contributed by atoms with E-state index in [1.54, 1.807) is 12.1 Å². The van der Waals surface area contributed by atoms with Gasteiger partial charge in [-0.05, 0) is 48.8 Å². The molecule has 4 aliphatic rings. The number of piperazine rings is 1. The second-order valence-electron chi connectivity index (χ2n) is 10.4. The fraction of sp³-hybridized carbons (Fsp3) is 0.640. The van der Waals surface area contributed by atoms with Crippen molar-refractivity contribution >= 4 is 11.8 Å². The number of amides is 2. The van der Waals surface area contributed by atoms with Gasteiger partial charge in [0.1, 0.15) is 11.9 Å². The lowest BCUT2D eigenvalue weighted by molar-refractivity contribution is -0.143. The number of benzene rings is 1. The molecule has 2 bridgehead atoms. The van der Waals surface area contributed by atoms with Gasteiger partial charge >= 0.3 is 0 Å². The number of likely N-dealkylation sites (tertiary alicyclic amines) is 3. The molecule has 1 saturated carbocycles. The van der Waals surface area contributed by atoms with Crippen LogP contribution in [0.25, 0.3) is 0 Å². The number of carbonyl (C=O) groups excluding carboxylic acids is 2. The summed E-state index contributed by atoms with van der Waals surface area (Å²) in [7, 11) is 0. The van der Waals surface area contributed by atoms with E-state index in [2.05, 4.69) is 24.8 Å². The number of halogens is 1. The maximum Gasteiger partial charge on any atom is 0.240 e. The van der Waals surface area contributed by atoms with E-state index in [0.717, 1.165) is 31.4 Å². The van der Waals surface area contributed by atoms with Gasteiger partial charge in [-0.3, -0.25) is 14.5 Å². The third-order valence-corrected chi connectivity index (χ3v) is 7.89. The van der Waals surface area contributed by atoms with E-state index >= 15 is 0 Å². The van der Waals surface area contributed by atoms with Crippen LogP contribution in [0.1, 0.15) is 51.6 Å². The monoisotopic (exact) mass is 438 g/mol. The van der Waals surface area contributed by atoms with Crippen LogP contribution in [0.4, 0.5) is 4.39 Å². The zero-order valence-electron chi connectivity index (χ0n) is 18.9. The van der Waals surface area contributed by atoms with Gasteiger partial charge in [0.25, 0.3) is 0 Å². The second kappa shape index (κ2) is 7.84. The van der Waals surface area contributed by atoms with Crippen LogP contribution in [0.5, 0.6) is 0 Å². The molecule has 32 heavy (non-hydrogen) atoms. The Hall–Kier alpha value is -2.46. The molecule has 2 amide bonds. The van der Waals surface area contributed by atoms with Gasteiger partial charge in [0.2, 0.25) is 11.8 Å². The molecule has 0 spiro atoms. The highest BCUT2D eigenvalue weighted by Gasteiger charge is 2.56. The Bertz CT molecular complexity index is 958. The van der Waals surface area contributed by atoms with E-state index in [0.29, 0.717) is 12.5 Å². The van der Waals surface area contributed by atoms with E-state index in [4.69, 9.17) is 0 Å². The highest BCUT2D eigenvalue weighted by molar-refractivity contribution is 5.86. The summed E-state index contributed by atoms with van der Waals surface area (Å²) < 4.78 is 13.4. The average molecular weight is 439 g/mol. The maximum atomic E-state index is 13.4. The van der Waals surface area contributed by atoms with E-state index in [1.165, 1.54) is 12.1 Å². The molecule has 5 rings (SSSR count). The first-order valence-electron chi connectivity index (χ1n) is 11.8. The molecule has 1 unspecified atom stereocenters. The van der Waals surface area contributed by atoms with Crippen molar-refractivity contribution < 1.29 is 14.0 Å². The third-order valence-electron chi connectivity index (χ3n) is 7.89. The summed E-state index contributed by atoms with van der Waals surface area (Å²) in [5.41, 5.74) is 0.966. The van der Waals surface area contributed by atoms with Crippen LogP contribution < -0.4 is 0 Å². The van der Waals surface area contributed by atoms with Crippen LogP contribution in [0.15, 0.2) is 24.3 Å². The first-order valence-corrected chi connectivity index (χ1v) is 11.8. The molecule has 7 heteroatoms. The zero-order chi connectivity index (χ0) is 22.7. The van der Waals surface area contributed by atoms with E-state index in [-0.39, 0.29) is 59.7 Å². The third kappa shape index (κ3) is 3.40. The van der Waals surface area contributed by atoms with Gasteiger partial charge in [-0.25, -0.2) is 4.39 Å². The Morgan fingerprint density at radius 3 is 2.53 bits per heavy atom. The van der Waals surface area contributed by atoms with Gasteiger partial charge in [-0.2, -0.15) is 5.26 Å². The molecule has 3 heterocycles. The lowest BCUT2D eigenvalue weighted by atomic mass is 9.93. The summed E-state index contributed by atoms with van der Waals surface area (Å²) in [6.07, 6.45) is 2.61. The second-order valence-corrected chi connectivity index (χ2v) is 10.4. The van der Waals surface area contributed by atoms with Crippen LogP contribution in [-0.4, -0.2) is 63.8 Å². The number of fused-ring (bicyclic) bond motifs is 3. The molecule has 170 valence electrons. The van der Waals surface area contributed by atoms with Crippen molar-refractivity contribution in [3.05, 3.63) is 35.6 Å². The molecule has 1 aromatic rings. The Balaban J connectivity index is 1.27. The van der Waals surface area contributed by atoms with Gasteiger partial charge in [-0.1, -0.05) is 32.9 Å². The van der Waals surface area contributed by atoms with Gasteiger partial charge in [0.05, 0.1) is 18.2 Å². The van der Waals surface area contributed by atoms with Crippen LogP contribution in [0.2, 0.25) is 0 Å². The predicted octanol–water partition coefficient (Wildman–Crippen LogP) is 2.96. The first kappa shape index (κ1) is 21.4. The summed E-state index contributed by atoms with van der Waals surface area (Å²) in [5, 5.41) is 9.42. The van der Waals surface area contributed by atoms with Crippen molar-refractivity contribution in [3.8, 4) is 6.07 Å². The number of nitrogens with zero attached hydrogens (tertiary/aromatic N) is 4. The molecular formula is C25H31FN4O2. The number of hydrogen-bond acceptors (Lipinski definition) is 4. The van der Waals surface area contributed by atoms with E-state index < -0.39 is 0 Å². The molecule has 0 aromatic heterocycles. The molecule has 0 N–H and O–H groups in total. The van der Waals surface area contributed by atoms with E-state index in [1.807, 2.05) is 16.7 Å². The molecule has 7 atom stereocenters. The standard InChI is InChI=1S/C25H31FN4O2/c1-14(2)23(16-4-6-18(26)7-5-16)30-20-10-22(25(30)32)28(13-20)12-15(3)24(31)29-19(11-27)8-17-9-21(17)29/h4-7,14-15,17,19-23H,8-10,12-13H2,1-3H3/t15-,17+,19-,20-,21?,22-,23+/m0/s1. The van der Waals surface area contributed by atoms with Crippen molar-refractivity contribution in [1.29, 1.82) is 5.26 Å². The van der Waals surface area contributed by atoms with Crippen molar-refractivity contribution in [3.63, 3.8) is 0 Å². The van der Waals surface area contributed by atoms with Gasteiger partial charge in [0.15, 0.2) is 0 Å². The molecule has 1 aromatic carbocycles. The van der Waals surface area contributed by atoms with Crippen molar-refractivity contribution in [1.82, 2.24) is 14.7 Å². The molecule has 3 saturated heterocycles. The minimum Gasteiger partial charge on any atom is -0.330 e. The van der Waals surface area contributed by atoms with Crippen LogP contribution in [0.3, 0.4) is 0 Å². The Morgan fingerprint density at radius 1 is 1.19 bits per heavy atom. The molecule has 1 aliphatic carbocycles. The van der Waals surface area contributed by atoms with Gasteiger partial charge in [0, 0.05) is 31.1 Å². The zero-order valence-corrected chi connectivity index (χ0v) is 18.9. The molecule has 0 radical (unpaired) electrons. The summed E-state index contributed by atoms with van der Waals surface area (Å²) in [6, 6.07) is 8.58. The fourth-order valence-electron chi connectivity index (χ4n) is 6.36. The predicted molar refractivity (Wildman–Crippen MR) is 117 cm³/mol. The minimum absolute atomic E-state index is 0.0556. The summed E-state index contributed by atoms with van der Waals surface area (Å²) in [4.78, 5) is 32.5. The highest BCUT2D eigenvalue weighted by Crippen LogP contribution is 2.48. The quantitative estimate of drug-likeness (QED) is 0.685. The normalized spacial score (nSPS) is 32.9. The smallest absolute Gasteiger partial charge is 0.240 e. The molecule has 6 nitrogen and oxygen atoms in total. The number of rotatable bonds is 6. The lowest BCUT2D eigenvalue weighted by Crippen LogP contribution is -2.54. The van der Waals surface area contributed by atoms with Crippen molar-refractivity contribution in [2.24, 2.45) is 17.8 Å². The number of piperidine rings is 1. The Kier molecular flexibility index (Phi) is 5.24. The molecular weight excluding hydrogens is 407 g/mol. The number of nitriles is 1. The number of hydrogen-bond donors (Lipinski definition) is 0. The maximum absolute atomic E-state index is 13.4. The SMILES string of the molecule is CC(C)[C@H](c1ccc(F)cc1)N1C(=O)[C@@H]2C[C@H]1CN2C[C@H](C)C(=O)N1C2C[C@H]2C[C@H]1C#N. The van der Waals surface area contributed by atoms with Gasteiger partial charge < -0.3 is 9.80 Å². The summed E-state index contributed by atoms with van der Waals surface area (Å²) >= 11 is 0. The largest absolute Gasteiger partial charge is 0.330 e. The van der Waals surface area contributed by atoms with Crippen molar-refractivity contribution in [2.75, 3.05) is 13.1 Å². The highest BCUT2D eigenvalue weighted by atomic mass is 19.1. The van der Waals surface area contributed by atoms with E-state index in [9.17, 15) is 19.2 Å². The first-order chi connectivity index (χ1) is 15.3. The summed E-state index contributed by atoms with van der Waals surface area (Å²) in [6.45, 7) is 7.42.